The third-order valence-electron chi connectivity index (χ3n) is 3.54. The topological polar surface area (TPSA) is 58.5 Å². The molecule has 1 heterocycles. The number of nitrogens with zero attached hydrogens (tertiary/aromatic N) is 2. The molecule has 0 aliphatic carbocycles. The van der Waals surface area contributed by atoms with E-state index in [1.54, 1.807) is 13.2 Å². The fourth-order valence-electron chi connectivity index (χ4n) is 2.16. The van der Waals surface area contributed by atoms with Gasteiger partial charge in [0.25, 0.3) is 0 Å². The van der Waals surface area contributed by atoms with Gasteiger partial charge in [-0.1, -0.05) is 23.8 Å². The van der Waals surface area contributed by atoms with Gasteiger partial charge < -0.3 is 15.4 Å². The first kappa shape index (κ1) is 21.2. The number of rotatable bonds is 8. The fraction of sp³-hybridized carbons (Fsp3) is 0.368. The minimum Gasteiger partial charge on any atom is -0.494 e. The smallest absolute Gasteiger partial charge is 0.191 e. The standard InChI is InChI=1S/C19H26N4O.HI/c1-16-8-10-18(11-9-16)24-14-6-5-13-22-19(20-2)23-15-17-7-3-4-12-21-17;/h3-4,7-12H,5-6,13-15H2,1-2H3,(H2,20,22,23);1H. The van der Waals surface area contributed by atoms with E-state index in [9.17, 15) is 0 Å². The van der Waals surface area contributed by atoms with Crippen molar-refractivity contribution in [2.24, 2.45) is 4.99 Å². The van der Waals surface area contributed by atoms with E-state index in [4.69, 9.17) is 4.74 Å². The predicted molar refractivity (Wildman–Crippen MR) is 114 cm³/mol. The molecular formula is C19H27IN4O. The molecular weight excluding hydrogens is 427 g/mol. The van der Waals surface area contributed by atoms with Crippen LogP contribution in [0, 0.1) is 6.92 Å². The van der Waals surface area contributed by atoms with Gasteiger partial charge in [0.05, 0.1) is 18.8 Å². The number of guanidine groups is 1. The van der Waals surface area contributed by atoms with Crippen molar-refractivity contribution in [3.05, 3.63) is 59.9 Å². The molecule has 0 saturated carbocycles. The van der Waals surface area contributed by atoms with E-state index in [0.29, 0.717) is 6.54 Å². The van der Waals surface area contributed by atoms with Crippen molar-refractivity contribution in [2.75, 3.05) is 20.2 Å². The Hall–Kier alpha value is -1.83. The van der Waals surface area contributed by atoms with Crippen LogP contribution < -0.4 is 15.4 Å². The number of aliphatic imine (C=N–C) groups is 1. The minimum absolute atomic E-state index is 0. The van der Waals surface area contributed by atoms with E-state index in [1.165, 1.54) is 5.56 Å². The van der Waals surface area contributed by atoms with E-state index in [-0.39, 0.29) is 24.0 Å². The van der Waals surface area contributed by atoms with Gasteiger partial charge in [0.1, 0.15) is 5.75 Å². The third kappa shape index (κ3) is 8.72. The second-order valence-corrected chi connectivity index (χ2v) is 5.54. The summed E-state index contributed by atoms with van der Waals surface area (Å²) in [6, 6.07) is 14.0. The fourth-order valence-corrected chi connectivity index (χ4v) is 2.16. The molecule has 0 bridgehead atoms. The number of unbranched alkanes of at least 4 members (excludes halogenated alkanes) is 1. The molecule has 0 aliphatic rings. The van der Waals surface area contributed by atoms with Gasteiger partial charge in [-0.15, -0.1) is 24.0 Å². The molecule has 0 unspecified atom stereocenters. The van der Waals surface area contributed by atoms with Crippen LogP contribution in [-0.2, 0) is 6.54 Å². The number of benzene rings is 1. The molecule has 1 aromatic heterocycles. The maximum Gasteiger partial charge on any atom is 0.191 e. The van der Waals surface area contributed by atoms with Crippen molar-refractivity contribution in [3.8, 4) is 5.75 Å². The summed E-state index contributed by atoms with van der Waals surface area (Å²) >= 11 is 0. The summed E-state index contributed by atoms with van der Waals surface area (Å²) in [7, 11) is 1.77. The number of aryl methyl sites for hydroxylation is 1. The van der Waals surface area contributed by atoms with Gasteiger partial charge >= 0.3 is 0 Å². The van der Waals surface area contributed by atoms with Crippen LogP contribution in [0.15, 0.2) is 53.7 Å². The summed E-state index contributed by atoms with van der Waals surface area (Å²) in [6.45, 7) is 4.32. The number of hydrogen-bond donors (Lipinski definition) is 2. The normalized spacial score (nSPS) is 10.7. The Morgan fingerprint density at radius 3 is 2.56 bits per heavy atom. The molecule has 0 amide bonds. The second kappa shape index (κ2) is 12.5. The maximum atomic E-state index is 5.72. The average molecular weight is 454 g/mol. The molecule has 0 aliphatic heterocycles. The van der Waals surface area contributed by atoms with E-state index in [1.807, 2.05) is 30.3 Å². The molecule has 2 aromatic rings. The van der Waals surface area contributed by atoms with Crippen LogP contribution in [0.1, 0.15) is 24.1 Å². The van der Waals surface area contributed by atoms with Crippen LogP contribution >= 0.6 is 24.0 Å². The lowest BCUT2D eigenvalue weighted by atomic mass is 10.2. The van der Waals surface area contributed by atoms with Crippen molar-refractivity contribution in [3.63, 3.8) is 0 Å². The largest absolute Gasteiger partial charge is 0.494 e. The summed E-state index contributed by atoms with van der Waals surface area (Å²) in [5.74, 6) is 1.72. The van der Waals surface area contributed by atoms with Crippen molar-refractivity contribution in [1.82, 2.24) is 15.6 Å². The first-order chi connectivity index (χ1) is 11.8. The van der Waals surface area contributed by atoms with Crippen LogP contribution in [0.25, 0.3) is 0 Å². The molecule has 0 saturated heterocycles. The highest BCUT2D eigenvalue weighted by molar-refractivity contribution is 14.0. The van der Waals surface area contributed by atoms with Crippen LogP contribution in [0.4, 0.5) is 0 Å². The van der Waals surface area contributed by atoms with E-state index >= 15 is 0 Å². The van der Waals surface area contributed by atoms with Crippen molar-refractivity contribution < 1.29 is 4.74 Å². The monoisotopic (exact) mass is 454 g/mol. The molecule has 0 atom stereocenters. The Labute approximate surface area is 167 Å². The molecule has 1 aromatic carbocycles. The number of pyridine rings is 1. The quantitative estimate of drug-likeness (QED) is 0.277. The Kier molecular flexibility index (Phi) is 10.6. The zero-order valence-electron chi connectivity index (χ0n) is 14.9. The Morgan fingerprint density at radius 1 is 1.08 bits per heavy atom. The summed E-state index contributed by atoms with van der Waals surface area (Å²) < 4.78 is 5.72. The lowest BCUT2D eigenvalue weighted by Gasteiger charge is -2.11. The summed E-state index contributed by atoms with van der Waals surface area (Å²) in [5.41, 5.74) is 2.24. The molecule has 5 nitrogen and oxygen atoms in total. The van der Waals surface area contributed by atoms with E-state index in [0.717, 1.165) is 43.4 Å². The second-order valence-electron chi connectivity index (χ2n) is 5.54. The van der Waals surface area contributed by atoms with Crippen LogP contribution in [0.3, 0.4) is 0 Å². The summed E-state index contributed by atoms with van der Waals surface area (Å²) in [6.07, 6.45) is 3.81. The average Bonchev–Trinajstić information content (AvgIpc) is 2.63. The van der Waals surface area contributed by atoms with Gasteiger partial charge in [-0.05, 0) is 44.0 Å². The molecule has 0 radical (unpaired) electrons. The van der Waals surface area contributed by atoms with Gasteiger partial charge in [0.15, 0.2) is 5.96 Å². The zero-order valence-corrected chi connectivity index (χ0v) is 17.2. The Bertz CT molecular complexity index is 617. The zero-order chi connectivity index (χ0) is 17.0. The first-order valence-corrected chi connectivity index (χ1v) is 8.32. The molecule has 136 valence electrons. The summed E-state index contributed by atoms with van der Waals surface area (Å²) in [4.78, 5) is 8.49. The van der Waals surface area contributed by atoms with Crippen molar-refractivity contribution in [1.29, 1.82) is 0 Å². The van der Waals surface area contributed by atoms with Crippen molar-refractivity contribution in [2.45, 2.75) is 26.3 Å². The summed E-state index contributed by atoms with van der Waals surface area (Å²) in [5, 5.41) is 6.55. The maximum absolute atomic E-state index is 5.72. The Morgan fingerprint density at radius 2 is 1.88 bits per heavy atom. The highest BCUT2D eigenvalue weighted by Gasteiger charge is 1.99. The van der Waals surface area contributed by atoms with E-state index in [2.05, 4.69) is 39.7 Å². The van der Waals surface area contributed by atoms with Crippen molar-refractivity contribution >= 4 is 29.9 Å². The molecule has 2 N–H and O–H groups in total. The number of hydrogen-bond acceptors (Lipinski definition) is 3. The van der Waals surface area contributed by atoms with Crippen LogP contribution in [0.5, 0.6) is 5.75 Å². The van der Waals surface area contributed by atoms with Gasteiger partial charge in [-0.3, -0.25) is 9.98 Å². The number of nitrogens with one attached hydrogen (secondary N) is 2. The SMILES string of the molecule is CN=C(NCCCCOc1ccc(C)cc1)NCc1ccccn1.I. The highest BCUT2D eigenvalue weighted by Crippen LogP contribution is 2.11. The minimum atomic E-state index is 0. The predicted octanol–water partition coefficient (Wildman–Crippen LogP) is 3.53. The number of aromatic nitrogens is 1. The van der Waals surface area contributed by atoms with Gasteiger partial charge in [0.2, 0.25) is 0 Å². The van der Waals surface area contributed by atoms with Gasteiger partial charge in [0, 0.05) is 19.8 Å². The first-order valence-electron chi connectivity index (χ1n) is 8.32. The third-order valence-corrected chi connectivity index (χ3v) is 3.54. The molecule has 2 rings (SSSR count). The highest BCUT2D eigenvalue weighted by atomic mass is 127. The lowest BCUT2D eigenvalue weighted by molar-refractivity contribution is 0.307. The van der Waals surface area contributed by atoms with E-state index < -0.39 is 0 Å². The Balaban J connectivity index is 0.00000312. The molecule has 6 heteroatoms. The molecule has 0 fully saturated rings. The number of ether oxygens (including phenoxy) is 1. The number of halogens is 1. The lowest BCUT2D eigenvalue weighted by Crippen LogP contribution is -2.37. The van der Waals surface area contributed by atoms with Crippen LogP contribution in [0.2, 0.25) is 0 Å². The molecule has 25 heavy (non-hydrogen) atoms. The van der Waals surface area contributed by atoms with Gasteiger partial charge in [-0.2, -0.15) is 0 Å². The van der Waals surface area contributed by atoms with Crippen LogP contribution in [-0.4, -0.2) is 31.1 Å². The molecule has 0 spiro atoms. The van der Waals surface area contributed by atoms with Gasteiger partial charge in [-0.25, -0.2) is 0 Å².